The minimum Gasteiger partial charge on any atom is -0.478 e. The summed E-state index contributed by atoms with van der Waals surface area (Å²) in [5.74, 6) is -0.947. The van der Waals surface area contributed by atoms with Crippen LogP contribution >= 0.6 is 0 Å². The van der Waals surface area contributed by atoms with Gasteiger partial charge in [-0.2, -0.15) is 0 Å². The number of hydrogen-bond acceptors (Lipinski definition) is 3. The SMILES string of the molecule is CCCON(C)c1ccccc1C(=O)O. The molecule has 0 aromatic heterocycles. The van der Waals surface area contributed by atoms with Gasteiger partial charge in [0.15, 0.2) is 0 Å². The van der Waals surface area contributed by atoms with Crippen LogP contribution in [0.1, 0.15) is 23.7 Å². The lowest BCUT2D eigenvalue weighted by Crippen LogP contribution is -2.20. The van der Waals surface area contributed by atoms with Gasteiger partial charge in [-0.25, -0.2) is 4.79 Å². The summed E-state index contributed by atoms with van der Waals surface area (Å²) < 4.78 is 0. The zero-order valence-corrected chi connectivity index (χ0v) is 8.93. The Balaban J connectivity index is 2.87. The molecule has 1 N–H and O–H groups in total. The minimum absolute atomic E-state index is 0.246. The van der Waals surface area contributed by atoms with Crippen molar-refractivity contribution in [3.8, 4) is 0 Å². The number of nitrogens with zero attached hydrogens (tertiary/aromatic N) is 1. The number of carboxylic acids is 1. The Bertz CT molecular complexity index is 338. The zero-order valence-electron chi connectivity index (χ0n) is 8.93. The van der Waals surface area contributed by atoms with Crippen LogP contribution in [0.15, 0.2) is 24.3 Å². The van der Waals surface area contributed by atoms with Crippen molar-refractivity contribution in [3.63, 3.8) is 0 Å². The van der Waals surface area contributed by atoms with Gasteiger partial charge in [0.05, 0.1) is 17.9 Å². The fraction of sp³-hybridized carbons (Fsp3) is 0.364. The number of hydroxylamine groups is 1. The number of carboxylic acid groups (broad SMARTS) is 1. The summed E-state index contributed by atoms with van der Waals surface area (Å²) in [5, 5.41) is 10.5. The van der Waals surface area contributed by atoms with Crippen LogP contribution in [0.5, 0.6) is 0 Å². The fourth-order valence-electron chi connectivity index (χ4n) is 1.23. The summed E-state index contributed by atoms with van der Waals surface area (Å²) >= 11 is 0. The van der Waals surface area contributed by atoms with E-state index in [0.29, 0.717) is 12.3 Å². The third-order valence-electron chi connectivity index (χ3n) is 1.96. The molecule has 0 aliphatic carbocycles. The van der Waals surface area contributed by atoms with E-state index in [2.05, 4.69) is 0 Å². The van der Waals surface area contributed by atoms with Crippen molar-refractivity contribution in [2.45, 2.75) is 13.3 Å². The van der Waals surface area contributed by atoms with Crippen LogP contribution in [0.4, 0.5) is 5.69 Å². The first kappa shape index (κ1) is 11.5. The number of carbonyl (C=O) groups is 1. The van der Waals surface area contributed by atoms with Gasteiger partial charge in [0.1, 0.15) is 0 Å². The molecule has 0 aliphatic rings. The number of benzene rings is 1. The van der Waals surface area contributed by atoms with E-state index in [4.69, 9.17) is 9.94 Å². The van der Waals surface area contributed by atoms with Crippen molar-refractivity contribution in [3.05, 3.63) is 29.8 Å². The highest BCUT2D eigenvalue weighted by molar-refractivity contribution is 5.94. The number of anilines is 1. The molecule has 0 aliphatic heterocycles. The maximum atomic E-state index is 10.9. The van der Waals surface area contributed by atoms with E-state index in [1.54, 1.807) is 31.3 Å². The molecule has 1 aromatic rings. The van der Waals surface area contributed by atoms with Gasteiger partial charge in [-0.15, -0.1) is 0 Å². The van der Waals surface area contributed by atoms with Gasteiger partial charge < -0.3 is 5.11 Å². The van der Waals surface area contributed by atoms with E-state index < -0.39 is 5.97 Å². The monoisotopic (exact) mass is 209 g/mol. The van der Waals surface area contributed by atoms with Gasteiger partial charge in [-0.1, -0.05) is 19.1 Å². The molecule has 0 unspecified atom stereocenters. The maximum Gasteiger partial charge on any atom is 0.337 e. The van der Waals surface area contributed by atoms with Crippen molar-refractivity contribution < 1.29 is 14.7 Å². The van der Waals surface area contributed by atoms with E-state index in [-0.39, 0.29) is 5.56 Å². The third-order valence-corrected chi connectivity index (χ3v) is 1.96. The predicted molar refractivity (Wildman–Crippen MR) is 58.0 cm³/mol. The lowest BCUT2D eigenvalue weighted by atomic mass is 10.2. The largest absolute Gasteiger partial charge is 0.478 e. The first-order valence-electron chi connectivity index (χ1n) is 4.85. The van der Waals surface area contributed by atoms with E-state index in [9.17, 15) is 4.79 Å². The lowest BCUT2D eigenvalue weighted by molar-refractivity contribution is 0.0691. The van der Waals surface area contributed by atoms with Crippen LogP contribution < -0.4 is 5.06 Å². The van der Waals surface area contributed by atoms with Crippen LogP contribution in [-0.4, -0.2) is 24.7 Å². The van der Waals surface area contributed by atoms with Crippen molar-refractivity contribution in [2.75, 3.05) is 18.7 Å². The molecule has 0 spiro atoms. The van der Waals surface area contributed by atoms with Crippen LogP contribution in [0.3, 0.4) is 0 Å². The van der Waals surface area contributed by atoms with Gasteiger partial charge in [0.2, 0.25) is 0 Å². The molecule has 0 amide bonds. The van der Waals surface area contributed by atoms with Gasteiger partial charge in [0, 0.05) is 7.05 Å². The Morgan fingerprint density at radius 2 is 2.13 bits per heavy atom. The van der Waals surface area contributed by atoms with Crippen molar-refractivity contribution in [1.82, 2.24) is 0 Å². The summed E-state index contributed by atoms with van der Waals surface area (Å²) in [7, 11) is 1.71. The molecule has 15 heavy (non-hydrogen) atoms. The van der Waals surface area contributed by atoms with Crippen LogP contribution in [0, 0.1) is 0 Å². The molecule has 0 fully saturated rings. The Kier molecular flexibility index (Phi) is 4.12. The minimum atomic E-state index is -0.947. The standard InChI is InChI=1S/C11H15NO3/c1-3-8-15-12(2)10-7-5-4-6-9(10)11(13)14/h4-7H,3,8H2,1-2H3,(H,13,14). The molecule has 4 nitrogen and oxygen atoms in total. The van der Waals surface area contributed by atoms with Crippen LogP contribution in [0.2, 0.25) is 0 Å². The molecule has 0 bridgehead atoms. The molecule has 0 radical (unpaired) electrons. The highest BCUT2D eigenvalue weighted by Crippen LogP contribution is 2.19. The van der Waals surface area contributed by atoms with Crippen LogP contribution in [-0.2, 0) is 4.84 Å². The summed E-state index contributed by atoms with van der Waals surface area (Å²) in [6.45, 7) is 2.57. The molecule has 82 valence electrons. The second kappa shape index (κ2) is 5.36. The Morgan fingerprint density at radius 1 is 1.47 bits per heavy atom. The first-order valence-corrected chi connectivity index (χ1v) is 4.85. The average Bonchev–Trinajstić information content (AvgIpc) is 2.25. The Labute approximate surface area is 89.0 Å². The van der Waals surface area contributed by atoms with E-state index in [1.165, 1.54) is 5.06 Å². The highest BCUT2D eigenvalue weighted by Gasteiger charge is 2.12. The zero-order chi connectivity index (χ0) is 11.3. The van der Waals surface area contributed by atoms with Gasteiger partial charge in [-0.05, 0) is 18.6 Å². The number of rotatable bonds is 5. The van der Waals surface area contributed by atoms with Gasteiger partial charge in [0.25, 0.3) is 0 Å². The third kappa shape index (κ3) is 2.95. The van der Waals surface area contributed by atoms with Gasteiger partial charge in [-0.3, -0.25) is 9.90 Å². The molecule has 1 aromatic carbocycles. The second-order valence-corrected chi connectivity index (χ2v) is 3.15. The fourth-order valence-corrected chi connectivity index (χ4v) is 1.23. The lowest BCUT2D eigenvalue weighted by Gasteiger charge is -2.19. The normalized spacial score (nSPS) is 10.0. The number of hydrogen-bond donors (Lipinski definition) is 1. The predicted octanol–water partition coefficient (Wildman–Crippen LogP) is 2.16. The van der Waals surface area contributed by atoms with Crippen molar-refractivity contribution in [1.29, 1.82) is 0 Å². The topological polar surface area (TPSA) is 49.8 Å². The quantitative estimate of drug-likeness (QED) is 0.755. The Hall–Kier alpha value is -1.55. The molecule has 0 atom stereocenters. The summed E-state index contributed by atoms with van der Waals surface area (Å²) in [5.41, 5.74) is 0.814. The molecular formula is C11H15NO3. The van der Waals surface area contributed by atoms with E-state index in [1.807, 2.05) is 6.92 Å². The number of para-hydroxylation sites is 1. The first-order chi connectivity index (χ1) is 7.16. The van der Waals surface area contributed by atoms with E-state index >= 15 is 0 Å². The van der Waals surface area contributed by atoms with Crippen molar-refractivity contribution >= 4 is 11.7 Å². The molecular weight excluding hydrogens is 194 g/mol. The van der Waals surface area contributed by atoms with Crippen LogP contribution in [0.25, 0.3) is 0 Å². The second-order valence-electron chi connectivity index (χ2n) is 3.15. The molecule has 1 rings (SSSR count). The maximum absolute atomic E-state index is 10.9. The van der Waals surface area contributed by atoms with E-state index in [0.717, 1.165) is 6.42 Å². The summed E-state index contributed by atoms with van der Waals surface area (Å²) in [6, 6.07) is 6.76. The molecule has 0 heterocycles. The van der Waals surface area contributed by atoms with Crippen molar-refractivity contribution in [2.24, 2.45) is 0 Å². The molecule has 0 saturated heterocycles. The highest BCUT2D eigenvalue weighted by atomic mass is 16.7. The number of aromatic carboxylic acids is 1. The summed E-state index contributed by atoms with van der Waals surface area (Å²) in [4.78, 5) is 16.3. The smallest absolute Gasteiger partial charge is 0.337 e. The molecule has 4 heteroatoms. The summed E-state index contributed by atoms with van der Waals surface area (Å²) in [6.07, 6.45) is 0.888. The molecule has 0 saturated carbocycles. The Morgan fingerprint density at radius 3 is 2.73 bits per heavy atom. The van der Waals surface area contributed by atoms with Gasteiger partial charge >= 0.3 is 5.97 Å². The average molecular weight is 209 g/mol.